The molecular weight excluding hydrogens is 358 g/mol. The van der Waals surface area contributed by atoms with Crippen LogP contribution in [0, 0.1) is 0 Å². The second-order valence-corrected chi connectivity index (χ2v) is 6.56. The third-order valence-electron chi connectivity index (χ3n) is 4.28. The van der Waals surface area contributed by atoms with Gasteiger partial charge in [-0.3, -0.25) is 9.59 Å². The molecule has 1 saturated heterocycles. The van der Waals surface area contributed by atoms with Crippen molar-refractivity contribution in [2.45, 2.75) is 32.4 Å². The number of carbonyl (C=O) groups excluding carboxylic acids is 2. The molecule has 0 bridgehead atoms. The smallest absolute Gasteiger partial charge is 0.255 e. The first-order valence-corrected chi connectivity index (χ1v) is 8.80. The van der Waals surface area contributed by atoms with Crippen molar-refractivity contribution < 1.29 is 18.8 Å². The number of hydrogen-bond donors (Lipinski definition) is 1. The van der Waals surface area contributed by atoms with Crippen molar-refractivity contribution in [3.63, 3.8) is 0 Å². The first-order valence-electron chi connectivity index (χ1n) is 8.42. The lowest BCUT2D eigenvalue weighted by molar-refractivity contribution is -0.130. The molecule has 1 aliphatic rings. The van der Waals surface area contributed by atoms with Gasteiger partial charge in [0, 0.05) is 43.9 Å². The minimum atomic E-state index is -0.305. The van der Waals surface area contributed by atoms with Gasteiger partial charge >= 0.3 is 0 Å². The lowest BCUT2D eigenvalue weighted by Gasteiger charge is -2.31. The van der Waals surface area contributed by atoms with Crippen molar-refractivity contribution >= 4 is 23.4 Å². The van der Waals surface area contributed by atoms with E-state index in [1.54, 1.807) is 36.1 Å². The van der Waals surface area contributed by atoms with Crippen LogP contribution in [0.5, 0.6) is 5.75 Å². The summed E-state index contributed by atoms with van der Waals surface area (Å²) in [6.45, 7) is 3.10. The number of ether oxygens (including phenoxy) is 1. The lowest BCUT2D eigenvalue weighted by atomic mass is 10.1. The molecule has 1 aromatic carbocycles. The summed E-state index contributed by atoms with van der Waals surface area (Å²) in [5.41, 5.74) is 0.367. The molecule has 2 heterocycles. The largest absolute Gasteiger partial charge is 0.489 e. The highest BCUT2D eigenvalue weighted by Crippen LogP contribution is 2.26. The van der Waals surface area contributed by atoms with Crippen LogP contribution < -0.4 is 10.1 Å². The van der Waals surface area contributed by atoms with Gasteiger partial charge in [0.25, 0.3) is 5.91 Å². The average molecular weight is 378 g/mol. The van der Waals surface area contributed by atoms with Crippen LogP contribution in [0.25, 0.3) is 0 Å². The van der Waals surface area contributed by atoms with Gasteiger partial charge in [-0.2, -0.15) is 0 Å². The van der Waals surface area contributed by atoms with Gasteiger partial charge in [0.2, 0.25) is 5.91 Å². The predicted octanol–water partition coefficient (Wildman–Crippen LogP) is 2.65. The van der Waals surface area contributed by atoms with Gasteiger partial charge in [0.15, 0.2) is 5.76 Å². The molecule has 2 amide bonds. The topological polar surface area (TPSA) is 84.7 Å². The standard InChI is InChI=1S/C18H20ClN3O4/c1-12(23)22-8-5-14(6-9-22)25-17-3-2-13(19)10-16(17)18(24)20-11-15-4-7-21-26-15/h2-4,7,10,14H,5-6,8-9,11H2,1H3,(H,20,24). The molecule has 3 rings (SSSR count). The van der Waals surface area contributed by atoms with Crippen molar-refractivity contribution in [3.05, 3.63) is 46.8 Å². The van der Waals surface area contributed by atoms with Crippen LogP contribution in [0.1, 0.15) is 35.9 Å². The van der Waals surface area contributed by atoms with E-state index in [2.05, 4.69) is 10.5 Å². The Bertz CT molecular complexity index is 771. The van der Waals surface area contributed by atoms with Gasteiger partial charge in [-0.1, -0.05) is 16.8 Å². The van der Waals surface area contributed by atoms with Crippen LogP contribution in [-0.2, 0) is 11.3 Å². The minimum Gasteiger partial charge on any atom is -0.489 e. The molecule has 0 saturated carbocycles. The van der Waals surface area contributed by atoms with E-state index in [1.807, 2.05) is 0 Å². The Morgan fingerprint density at radius 3 is 2.77 bits per heavy atom. The number of rotatable bonds is 5. The van der Waals surface area contributed by atoms with Crippen LogP contribution in [0.4, 0.5) is 0 Å². The van der Waals surface area contributed by atoms with E-state index in [0.29, 0.717) is 35.2 Å². The third kappa shape index (κ3) is 4.54. The molecule has 0 spiro atoms. The summed E-state index contributed by atoms with van der Waals surface area (Å²) in [5, 5.41) is 6.82. The summed E-state index contributed by atoms with van der Waals surface area (Å²) in [7, 11) is 0. The molecule has 0 radical (unpaired) electrons. The summed E-state index contributed by atoms with van der Waals surface area (Å²) in [4.78, 5) is 25.7. The summed E-state index contributed by atoms with van der Waals surface area (Å²) < 4.78 is 11.0. The Hall–Kier alpha value is -2.54. The number of nitrogens with zero attached hydrogens (tertiary/aromatic N) is 2. The number of carbonyl (C=O) groups is 2. The minimum absolute atomic E-state index is 0.0485. The molecule has 0 aliphatic carbocycles. The molecule has 26 heavy (non-hydrogen) atoms. The SMILES string of the molecule is CC(=O)N1CCC(Oc2ccc(Cl)cc2C(=O)NCc2ccno2)CC1. The number of benzene rings is 1. The van der Waals surface area contributed by atoms with Crippen molar-refractivity contribution in [1.82, 2.24) is 15.4 Å². The molecule has 1 N–H and O–H groups in total. The maximum absolute atomic E-state index is 12.5. The van der Waals surface area contributed by atoms with Crippen molar-refractivity contribution in [2.24, 2.45) is 0 Å². The zero-order valence-electron chi connectivity index (χ0n) is 14.4. The lowest BCUT2D eigenvalue weighted by Crippen LogP contribution is -2.40. The molecule has 0 unspecified atom stereocenters. The number of halogens is 1. The first kappa shape index (κ1) is 18.3. The quantitative estimate of drug-likeness (QED) is 0.865. The van der Waals surface area contributed by atoms with E-state index in [9.17, 15) is 9.59 Å². The maximum Gasteiger partial charge on any atom is 0.255 e. The Balaban J connectivity index is 1.66. The summed E-state index contributed by atoms with van der Waals surface area (Å²) in [5.74, 6) is 0.799. The second kappa shape index (κ2) is 8.23. The van der Waals surface area contributed by atoms with Crippen LogP contribution in [0.3, 0.4) is 0 Å². The Labute approximate surface area is 156 Å². The predicted molar refractivity (Wildman–Crippen MR) is 95.0 cm³/mol. The monoisotopic (exact) mass is 377 g/mol. The van der Waals surface area contributed by atoms with E-state index in [0.717, 1.165) is 12.8 Å². The fourth-order valence-electron chi connectivity index (χ4n) is 2.85. The number of aromatic nitrogens is 1. The molecule has 1 fully saturated rings. The van der Waals surface area contributed by atoms with Gasteiger partial charge in [-0.05, 0) is 18.2 Å². The second-order valence-electron chi connectivity index (χ2n) is 6.13. The zero-order valence-corrected chi connectivity index (χ0v) is 15.2. The van der Waals surface area contributed by atoms with Gasteiger partial charge < -0.3 is 19.5 Å². The van der Waals surface area contributed by atoms with Gasteiger partial charge in [-0.25, -0.2) is 0 Å². The van der Waals surface area contributed by atoms with E-state index >= 15 is 0 Å². The molecule has 2 aromatic rings. The van der Waals surface area contributed by atoms with E-state index in [-0.39, 0.29) is 24.5 Å². The highest BCUT2D eigenvalue weighted by Gasteiger charge is 2.24. The van der Waals surface area contributed by atoms with Gasteiger partial charge in [-0.15, -0.1) is 0 Å². The highest BCUT2D eigenvalue weighted by atomic mass is 35.5. The summed E-state index contributed by atoms with van der Waals surface area (Å²) in [6.07, 6.45) is 2.92. The third-order valence-corrected chi connectivity index (χ3v) is 4.52. The average Bonchev–Trinajstić information content (AvgIpc) is 3.15. The number of hydrogen-bond acceptors (Lipinski definition) is 5. The van der Waals surface area contributed by atoms with Crippen LogP contribution >= 0.6 is 11.6 Å². The van der Waals surface area contributed by atoms with Crippen molar-refractivity contribution in [2.75, 3.05) is 13.1 Å². The maximum atomic E-state index is 12.5. The first-order chi connectivity index (χ1) is 12.5. The Morgan fingerprint density at radius 2 is 2.12 bits per heavy atom. The number of piperidine rings is 1. The molecular formula is C18H20ClN3O4. The van der Waals surface area contributed by atoms with Gasteiger partial charge in [0.05, 0.1) is 18.3 Å². The van der Waals surface area contributed by atoms with Crippen molar-refractivity contribution in [1.29, 1.82) is 0 Å². The van der Waals surface area contributed by atoms with Gasteiger partial charge in [0.1, 0.15) is 11.9 Å². The molecule has 7 nitrogen and oxygen atoms in total. The van der Waals surface area contributed by atoms with Crippen LogP contribution in [-0.4, -0.2) is 41.1 Å². The number of likely N-dealkylation sites (tertiary alicyclic amines) is 1. The molecule has 1 aliphatic heterocycles. The summed E-state index contributed by atoms with van der Waals surface area (Å²) in [6, 6.07) is 6.65. The van der Waals surface area contributed by atoms with E-state index in [4.69, 9.17) is 20.9 Å². The molecule has 0 atom stereocenters. The van der Waals surface area contributed by atoms with Crippen molar-refractivity contribution in [3.8, 4) is 5.75 Å². The molecule has 1 aromatic heterocycles. The molecule has 8 heteroatoms. The van der Waals surface area contributed by atoms with E-state index in [1.165, 1.54) is 6.20 Å². The summed E-state index contributed by atoms with van der Waals surface area (Å²) >= 11 is 6.05. The number of amides is 2. The zero-order chi connectivity index (χ0) is 18.5. The fraction of sp³-hybridized carbons (Fsp3) is 0.389. The van der Waals surface area contributed by atoms with E-state index < -0.39 is 0 Å². The Morgan fingerprint density at radius 1 is 1.35 bits per heavy atom. The van der Waals surface area contributed by atoms with Crippen LogP contribution in [0.2, 0.25) is 5.02 Å². The Kier molecular flexibility index (Phi) is 5.78. The normalized spacial score (nSPS) is 14.9. The fourth-order valence-corrected chi connectivity index (χ4v) is 3.02. The number of nitrogens with one attached hydrogen (secondary N) is 1. The van der Waals surface area contributed by atoms with Crippen LogP contribution in [0.15, 0.2) is 35.0 Å². The molecule has 138 valence electrons. The highest BCUT2D eigenvalue weighted by molar-refractivity contribution is 6.31.